The molecule has 2 aromatic rings. The SMILES string of the molecule is CCC(C)NC(=O)C(C)N(Cc1cccc(OC)c1)C(=O)CN(c1ccccc1Cl)S(C)(=O)=O. The monoisotopic (exact) mass is 509 g/mol. The molecule has 2 amide bonds. The van der Waals surface area contributed by atoms with Crippen molar-refractivity contribution in [3.05, 3.63) is 59.1 Å². The predicted molar refractivity (Wildman–Crippen MR) is 135 cm³/mol. The lowest BCUT2D eigenvalue weighted by Crippen LogP contribution is -2.52. The standard InChI is InChI=1S/C24H32ClN3O5S/c1-6-17(2)26-24(30)18(3)27(15-19-10-9-11-20(14-19)33-4)23(29)16-28(34(5,31)32)22-13-8-7-12-21(22)25/h7-14,17-18H,6,15-16H2,1-5H3,(H,26,30). The van der Waals surface area contributed by atoms with Crippen LogP contribution in [0.1, 0.15) is 32.8 Å². The van der Waals surface area contributed by atoms with Crippen molar-refractivity contribution < 1.29 is 22.7 Å². The van der Waals surface area contributed by atoms with Crippen LogP contribution < -0.4 is 14.4 Å². The van der Waals surface area contributed by atoms with Gasteiger partial charge in [0.15, 0.2) is 0 Å². The van der Waals surface area contributed by atoms with Gasteiger partial charge in [-0.05, 0) is 50.1 Å². The summed E-state index contributed by atoms with van der Waals surface area (Å²) in [5, 5.41) is 3.08. The first-order valence-corrected chi connectivity index (χ1v) is 13.2. The van der Waals surface area contributed by atoms with Crippen LogP contribution in [0, 0.1) is 0 Å². The van der Waals surface area contributed by atoms with Crippen molar-refractivity contribution in [3.8, 4) is 5.75 Å². The molecule has 0 aromatic heterocycles. The van der Waals surface area contributed by atoms with Gasteiger partial charge in [-0.15, -0.1) is 0 Å². The Bertz CT molecular complexity index is 1110. The van der Waals surface area contributed by atoms with E-state index in [1.54, 1.807) is 43.3 Å². The molecule has 0 spiro atoms. The van der Waals surface area contributed by atoms with Crippen molar-refractivity contribution in [2.75, 3.05) is 24.2 Å². The zero-order valence-electron chi connectivity index (χ0n) is 20.1. The molecule has 0 aliphatic heterocycles. The lowest BCUT2D eigenvalue weighted by atomic mass is 10.1. The van der Waals surface area contributed by atoms with E-state index in [1.165, 1.54) is 18.1 Å². The fraction of sp³-hybridized carbons (Fsp3) is 0.417. The average molecular weight is 510 g/mol. The number of methoxy groups -OCH3 is 1. The molecule has 0 heterocycles. The second-order valence-corrected chi connectivity index (χ2v) is 10.4. The Kier molecular flexibility index (Phi) is 9.76. The van der Waals surface area contributed by atoms with E-state index in [-0.39, 0.29) is 29.2 Å². The second-order valence-electron chi connectivity index (χ2n) is 8.09. The van der Waals surface area contributed by atoms with Crippen LogP contribution in [0.4, 0.5) is 5.69 Å². The molecule has 0 radical (unpaired) electrons. The number of rotatable bonds is 11. The number of nitrogens with zero attached hydrogens (tertiary/aromatic N) is 2. The molecule has 2 rings (SSSR count). The highest BCUT2D eigenvalue weighted by atomic mass is 35.5. The van der Waals surface area contributed by atoms with Crippen molar-refractivity contribution in [1.29, 1.82) is 0 Å². The van der Waals surface area contributed by atoms with Gasteiger partial charge < -0.3 is 15.0 Å². The van der Waals surface area contributed by atoms with Gasteiger partial charge >= 0.3 is 0 Å². The minimum atomic E-state index is -3.84. The number of sulfonamides is 1. The molecule has 0 aliphatic carbocycles. The summed E-state index contributed by atoms with van der Waals surface area (Å²) < 4.78 is 31.4. The number of hydrogen-bond acceptors (Lipinski definition) is 5. The molecule has 0 fully saturated rings. The molecule has 2 unspecified atom stereocenters. The topological polar surface area (TPSA) is 96.0 Å². The third kappa shape index (κ3) is 7.36. The first-order chi connectivity index (χ1) is 16.0. The minimum Gasteiger partial charge on any atom is -0.497 e. The summed E-state index contributed by atoms with van der Waals surface area (Å²) in [6, 6.07) is 12.6. The van der Waals surface area contributed by atoms with Gasteiger partial charge in [0.2, 0.25) is 21.8 Å². The second kappa shape index (κ2) is 12.1. The van der Waals surface area contributed by atoms with Crippen molar-refractivity contribution >= 4 is 39.1 Å². The van der Waals surface area contributed by atoms with Gasteiger partial charge in [-0.1, -0.05) is 42.8 Å². The highest BCUT2D eigenvalue weighted by Crippen LogP contribution is 2.27. The van der Waals surface area contributed by atoms with Gasteiger partial charge in [-0.25, -0.2) is 8.42 Å². The van der Waals surface area contributed by atoms with Crippen LogP contribution in [-0.2, 0) is 26.2 Å². The van der Waals surface area contributed by atoms with Gasteiger partial charge in [0.05, 0.1) is 24.1 Å². The fourth-order valence-corrected chi connectivity index (χ4v) is 4.41. The summed E-state index contributed by atoms with van der Waals surface area (Å²) in [5.74, 6) is -0.260. The quantitative estimate of drug-likeness (QED) is 0.500. The number of halogens is 1. The number of hydrogen-bond donors (Lipinski definition) is 1. The number of anilines is 1. The van der Waals surface area contributed by atoms with Gasteiger partial charge in [0.1, 0.15) is 18.3 Å². The highest BCUT2D eigenvalue weighted by molar-refractivity contribution is 7.92. The van der Waals surface area contributed by atoms with Crippen molar-refractivity contribution in [2.24, 2.45) is 0 Å². The number of benzene rings is 2. The predicted octanol–water partition coefficient (Wildman–Crippen LogP) is 3.45. The molecule has 2 aromatic carbocycles. The first-order valence-electron chi connectivity index (χ1n) is 10.9. The maximum Gasteiger partial charge on any atom is 0.244 e. The molecule has 1 N–H and O–H groups in total. The largest absolute Gasteiger partial charge is 0.497 e. The summed E-state index contributed by atoms with van der Waals surface area (Å²) in [4.78, 5) is 27.8. The van der Waals surface area contributed by atoms with Crippen LogP contribution in [0.3, 0.4) is 0 Å². The Morgan fingerprint density at radius 2 is 1.79 bits per heavy atom. The Labute approximate surface area is 206 Å². The zero-order chi connectivity index (χ0) is 25.5. The molecule has 0 saturated heterocycles. The van der Waals surface area contributed by atoms with Crippen molar-refractivity contribution in [1.82, 2.24) is 10.2 Å². The molecule has 34 heavy (non-hydrogen) atoms. The first kappa shape index (κ1) is 27.5. The lowest BCUT2D eigenvalue weighted by Gasteiger charge is -2.32. The van der Waals surface area contributed by atoms with Crippen LogP contribution >= 0.6 is 11.6 Å². The Morgan fingerprint density at radius 1 is 1.12 bits per heavy atom. The van der Waals surface area contributed by atoms with Gasteiger partial charge in [0.25, 0.3) is 0 Å². The number of ether oxygens (including phenoxy) is 1. The van der Waals surface area contributed by atoms with Gasteiger partial charge in [0, 0.05) is 12.6 Å². The molecule has 10 heteroatoms. The number of carbonyl (C=O) groups excluding carboxylic acids is 2. The van der Waals surface area contributed by atoms with Gasteiger partial charge in [-0.3, -0.25) is 13.9 Å². The van der Waals surface area contributed by atoms with E-state index in [1.807, 2.05) is 19.9 Å². The molecule has 2 atom stereocenters. The van der Waals surface area contributed by atoms with Crippen LogP contribution in [0.2, 0.25) is 5.02 Å². The van der Waals surface area contributed by atoms with Crippen LogP contribution in [0.15, 0.2) is 48.5 Å². The van der Waals surface area contributed by atoms with Gasteiger partial charge in [-0.2, -0.15) is 0 Å². The summed E-state index contributed by atoms with van der Waals surface area (Å²) in [7, 11) is -2.30. The van der Waals surface area contributed by atoms with E-state index >= 15 is 0 Å². The Balaban J connectivity index is 2.41. The van der Waals surface area contributed by atoms with Crippen LogP contribution in [0.25, 0.3) is 0 Å². The third-order valence-corrected chi connectivity index (χ3v) is 6.90. The average Bonchev–Trinajstić information content (AvgIpc) is 2.80. The molecule has 0 aliphatic rings. The number of amides is 2. The molecular formula is C24H32ClN3O5S. The van der Waals surface area contributed by atoms with E-state index in [0.717, 1.165) is 22.5 Å². The minimum absolute atomic E-state index is 0.0700. The van der Waals surface area contributed by atoms with E-state index in [9.17, 15) is 18.0 Å². The van der Waals surface area contributed by atoms with Crippen molar-refractivity contribution in [2.45, 2.75) is 45.8 Å². The fourth-order valence-electron chi connectivity index (χ4n) is 3.26. The lowest BCUT2D eigenvalue weighted by molar-refractivity contribution is -0.139. The molecular weight excluding hydrogens is 478 g/mol. The van der Waals surface area contributed by atoms with Crippen LogP contribution in [0.5, 0.6) is 5.75 Å². The van der Waals surface area contributed by atoms with E-state index in [0.29, 0.717) is 5.75 Å². The van der Waals surface area contributed by atoms with Crippen LogP contribution in [-0.4, -0.2) is 57.1 Å². The summed E-state index contributed by atoms with van der Waals surface area (Å²) in [6.07, 6.45) is 1.74. The maximum absolute atomic E-state index is 13.5. The van der Waals surface area contributed by atoms with Crippen molar-refractivity contribution in [3.63, 3.8) is 0 Å². The maximum atomic E-state index is 13.5. The molecule has 0 bridgehead atoms. The number of carbonyl (C=O) groups is 2. The summed E-state index contributed by atoms with van der Waals surface area (Å²) >= 11 is 6.23. The Hall–Kier alpha value is -2.78. The van der Waals surface area contributed by atoms with E-state index in [4.69, 9.17) is 16.3 Å². The normalized spacial score (nSPS) is 13.0. The van der Waals surface area contributed by atoms with E-state index in [2.05, 4.69) is 5.32 Å². The summed E-state index contributed by atoms with van der Waals surface area (Å²) in [6.45, 7) is 5.03. The molecule has 0 saturated carbocycles. The van der Waals surface area contributed by atoms with E-state index < -0.39 is 28.5 Å². The molecule has 8 nitrogen and oxygen atoms in total. The Morgan fingerprint density at radius 3 is 2.38 bits per heavy atom. The smallest absolute Gasteiger partial charge is 0.244 e. The third-order valence-electron chi connectivity index (χ3n) is 5.46. The molecule has 186 valence electrons. The zero-order valence-corrected chi connectivity index (χ0v) is 21.7. The number of nitrogens with one attached hydrogen (secondary N) is 1. The highest BCUT2D eigenvalue weighted by Gasteiger charge is 2.31. The summed E-state index contributed by atoms with van der Waals surface area (Å²) in [5.41, 5.74) is 0.928. The number of para-hydroxylation sites is 1.